The zero-order chi connectivity index (χ0) is 21.0. The van der Waals surface area contributed by atoms with Gasteiger partial charge in [0.1, 0.15) is 23.1 Å². The topological polar surface area (TPSA) is 112 Å². The summed E-state index contributed by atoms with van der Waals surface area (Å²) in [5, 5.41) is 12.8. The summed E-state index contributed by atoms with van der Waals surface area (Å²) < 4.78 is 14.2. The number of rotatable bonds is 1. The number of hydrogen-bond donors (Lipinski definition) is 2. The number of anilines is 2. The van der Waals surface area contributed by atoms with Gasteiger partial charge in [0.2, 0.25) is 5.91 Å². The van der Waals surface area contributed by atoms with E-state index in [1.165, 1.54) is 18.2 Å². The van der Waals surface area contributed by atoms with Gasteiger partial charge < -0.3 is 11.1 Å². The van der Waals surface area contributed by atoms with E-state index in [1.807, 2.05) is 0 Å². The Labute approximate surface area is 171 Å². The molecular formula is C22H16FN5O2. The van der Waals surface area contributed by atoms with Crippen LogP contribution in [0.15, 0.2) is 65.4 Å². The first-order chi connectivity index (χ1) is 14.5. The minimum atomic E-state index is -1.76. The molecule has 0 radical (unpaired) electrons. The minimum absolute atomic E-state index is 0.0335. The summed E-state index contributed by atoms with van der Waals surface area (Å²) in [5.74, 6) is -1.36. The Morgan fingerprint density at radius 2 is 2.10 bits per heavy atom. The van der Waals surface area contributed by atoms with Crippen molar-refractivity contribution in [3.63, 3.8) is 0 Å². The number of Topliss-reactive ketones (excluding diaryl/α,β-unsaturated/α-hetero) is 1. The normalized spacial score (nSPS) is 22.7. The van der Waals surface area contributed by atoms with Gasteiger partial charge in [0.25, 0.3) is 0 Å². The highest BCUT2D eigenvalue weighted by Gasteiger charge is 2.60. The number of aromatic nitrogens is 1. The van der Waals surface area contributed by atoms with Gasteiger partial charge in [-0.15, -0.1) is 0 Å². The number of pyridine rings is 1. The molecule has 0 bridgehead atoms. The highest BCUT2D eigenvalue weighted by atomic mass is 19.1. The first kappa shape index (κ1) is 18.1. The lowest BCUT2D eigenvalue weighted by atomic mass is 9.64. The molecule has 1 amide bonds. The zero-order valence-electron chi connectivity index (χ0n) is 15.8. The number of allylic oxidation sites excluding steroid dienone is 1. The van der Waals surface area contributed by atoms with E-state index in [-0.39, 0.29) is 34.7 Å². The molecule has 0 fully saturated rings. The van der Waals surface area contributed by atoms with Gasteiger partial charge in [0.15, 0.2) is 5.78 Å². The third kappa shape index (κ3) is 2.14. The molecule has 5 rings (SSSR count). The fourth-order valence-corrected chi connectivity index (χ4v) is 4.74. The smallest absolute Gasteiger partial charge is 0.245 e. The maximum Gasteiger partial charge on any atom is 0.245 e. The van der Waals surface area contributed by atoms with Gasteiger partial charge in [0, 0.05) is 35.1 Å². The van der Waals surface area contributed by atoms with Crippen LogP contribution in [0.5, 0.6) is 0 Å². The Bertz CT molecular complexity index is 1230. The fourth-order valence-electron chi connectivity index (χ4n) is 4.74. The number of benzene rings is 1. The van der Waals surface area contributed by atoms with Crippen LogP contribution in [0.1, 0.15) is 24.8 Å². The van der Waals surface area contributed by atoms with Crippen LogP contribution < -0.4 is 16.0 Å². The highest BCUT2D eigenvalue weighted by molar-refractivity contribution is 6.19. The summed E-state index contributed by atoms with van der Waals surface area (Å²) in [6.07, 6.45) is 4.47. The van der Waals surface area contributed by atoms with Gasteiger partial charge in [-0.05, 0) is 43.2 Å². The van der Waals surface area contributed by atoms with Gasteiger partial charge in [0.05, 0.1) is 17.5 Å². The summed E-state index contributed by atoms with van der Waals surface area (Å²) in [6, 6.07) is 9.39. The molecular weight excluding hydrogens is 385 g/mol. The van der Waals surface area contributed by atoms with E-state index in [0.29, 0.717) is 29.9 Å². The van der Waals surface area contributed by atoms with Gasteiger partial charge in [-0.1, -0.05) is 0 Å². The Hall–Kier alpha value is -3.99. The van der Waals surface area contributed by atoms with E-state index in [9.17, 15) is 19.2 Å². The van der Waals surface area contributed by atoms with E-state index in [1.54, 1.807) is 29.4 Å². The van der Waals surface area contributed by atoms with Crippen LogP contribution >= 0.6 is 0 Å². The first-order valence-corrected chi connectivity index (χ1v) is 9.49. The van der Waals surface area contributed by atoms with Crippen LogP contribution in [0, 0.1) is 17.1 Å². The zero-order valence-corrected chi connectivity index (χ0v) is 15.8. The van der Waals surface area contributed by atoms with Crippen LogP contribution in [0.2, 0.25) is 0 Å². The highest BCUT2D eigenvalue weighted by Crippen LogP contribution is 2.55. The van der Waals surface area contributed by atoms with Crippen molar-refractivity contribution in [2.75, 3.05) is 10.2 Å². The molecule has 2 aliphatic heterocycles. The van der Waals surface area contributed by atoms with Crippen molar-refractivity contribution in [3.8, 4) is 6.07 Å². The average molecular weight is 401 g/mol. The molecule has 8 heteroatoms. The van der Waals surface area contributed by atoms with E-state index in [2.05, 4.69) is 16.4 Å². The number of nitrogens with two attached hydrogens (primary N) is 1. The molecule has 0 unspecified atom stereocenters. The average Bonchev–Trinajstić information content (AvgIpc) is 3.01. The number of nitrogens with zero attached hydrogens (tertiary/aromatic N) is 3. The Balaban J connectivity index is 1.90. The molecule has 3 N–H and O–H groups in total. The van der Waals surface area contributed by atoms with Crippen LogP contribution in [-0.2, 0) is 15.0 Å². The molecule has 30 heavy (non-hydrogen) atoms. The third-order valence-corrected chi connectivity index (χ3v) is 5.89. The number of ketones is 1. The van der Waals surface area contributed by atoms with Crippen LogP contribution in [-0.4, -0.2) is 16.7 Å². The predicted octanol–water partition coefficient (Wildman–Crippen LogP) is 2.63. The molecule has 3 heterocycles. The molecule has 7 nitrogen and oxygen atoms in total. The lowest BCUT2D eigenvalue weighted by molar-refractivity contribution is -0.122. The molecule has 1 aromatic heterocycles. The second-order valence-corrected chi connectivity index (χ2v) is 7.41. The van der Waals surface area contributed by atoms with E-state index >= 15 is 0 Å². The second kappa shape index (κ2) is 6.26. The molecule has 0 saturated heterocycles. The lowest BCUT2D eigenvalue weighted by Gasteiger charge is -2.43. The van der Waals surface area contributed by atoms with Crippen molar-refractivity contribution in [2.24, 2.45) is 5.73 Å². The number of carbonyl (C=O) groups is 2. The third-order valence-electron chi connectivity index (χ3n) is 5.89. The van der Waals surface area contributed by atoms with E-state index < -0.39 is 17.1 Å². The second-order valence-electron chi connectivity index (χ2n) is 7.41. The largest absolute Gasteiger partial charge is 0.384 e. The summed E-state index contributed by atoms with van der Waals surface area (Å²) in [5.41, 5.74) is 6.52. The van der Waals surface area contributed by atoms with Crippen molar-refractivity contribution in [1.82, 2.24) is 4.98 Å². The summed E-state index contributed by atoms with van der Waals surface area (Å²) in [4.78, 5) is 32.3. The number of nitriles is 1. The fraction of sp³-hybridized carbons (Fsp3) is 0.182. The van der Waals surface area contributed by atoms with Crippen molar-refractivity contribution in [1.29, 1.82) is 5.26 Å². The van der Waals surface area contributed by atoms with Crippen LogP contribution in [0.3, 0.4) is 0 Å². The molecule has 1 aliphatic carbocycles. The van der Waals surface area contributed by atoms with Crippen molar-refractivity contribution in [3.05, 3.63) is 76.8 Å². The van der Waals surface area contributed by atoms with Gasteiger partial charge >= 0.3 is 0 Å². The van der Waals surface area contributed by atoms with Crippen molar-refractivity contribution >= 4 is 23.1 Å². The molecule has 3 aliphatic rings. The number of hydrogen-bond acceptors (Lipinski definition) is 6. The number of halogens is 1. The van der Waals surface area contributed by atoms with Gasteiger partial charge in [-0.2, -0.15) is 5.26 Å². The van der Waals surface area contributed by atoms with E-state index in [0.717, 1.165) is 0 Å². The summed E-state index contributed by atoms with van der Waals surface area (Å²) in [6.45, 7) is 0. The molecule has 2 aromatic rings. The quantitative estimate of drug-likeness (QED) is 0.760. The number of carbonyl (C=O) groups excluding carboxylic acids is 2. The minimum Gasteiger partial charge on any atom is -0.384 e. The maximum absolute atomic E-state index is 14.2. The summed E-state index contributed by atoms with van der Waals surface area (Å²) in [7, 11) is 0. The van der Waals surface area contributed by atoms with Crippen molar-refractivity contribution in [2.45, 2.75) is 24.7 Å². The standard InChI is InChI=1S/C22H16FN5O2/c23-12-6-7-16-14(9-12)22(21(30)27-16)15(10-24)20(25)28(13-3-2-8-26-11-13)17-4-1-5-18(29)19(17)22/h2-3,6-9,11H,1,4-5,25H2,(H,27,30)/t22-/m1/s1. The first-order valence-electron chi connectivity index (χ1n) is 9.49. The van der Waals surface area contributed by atoms with Gasteiger partial charge in [-0.25, -0.2) is 4.39 Å². The summed E-state index contributed by atoms with van der Waals surface area (Å²) >= 11 is 0. The van der Waals surface area contributed by atoms with Crippen LogP contribution in [0.25, 0.3) is 0 Å². The SMILES string of the molecule is N#CC1=C(N)N(c2cccnc2)C2=C(C(=O)CCC2)[C@]12C(=O)Nc1ccc(F)cc12. The number of amides is 1. The molecule has 0 saturated carbocycles. The number of nitrogens with one attached hydrogen (secondary N) is 1. The number of fused-ring (bicyclic) bond motifs is 3. The molecule has 1 aromatic carbocycles. The van der Waals surface area contributed by atoms with Gasteiger partial charge in [-0.3, -0.25) is 19.5 Å². The van der Waals surface area contributed by atoms with Crippen LogP contribution in [0.4, 0.5) is 15.8 Å². The lowest BCUT2D eigenvalue weighted by Crippen LogP contribution is -2.50. The Kier molecular flexibility index (Phi) is 3.77. The Morgan fingerprint density at radius 1 is 1.27 bits per heavy atom. The maximum atomic E-state index is 14.2. The Morgan fingerprint density at radius 3 is 2.83 bits per heavy atom. The monoisotopic (exact) mass is 401 g/mol. The molecule has 1 spiro atoms. The molecule has 148 valence electrons. The van der Waals surface area contributed by atoms with E-state index in [4.69, 9.17) is 5.73 Å². The molecule has 1 atom stereocenters. The predicted molar refractivity (Wildman–Crippen MR) is 106 cm³/mol. The van der Waals surface area contributed by atoms with Crippen molar-refractivity contribution < 1.29 is 14.0 Å².